The highest BCUT2D eigenvalue weighted by Crippen LogP contribution is 2.33. The summed E-state index contributed by atoms with van der Waals surface area (Å²) in [5.74, 6) is 0. The SMILES string of the molecule is CCCCc1nc2c(s1)CCCC2O. The Balaban J connectivity index is 2.13. The number of hydrogen-bond donors (Lipinski definition) is 1. The molecule has 1 aliphatic carbocycles. The van der Waals surface area contributed by atoms with Gasteiger partial charge in [-0.25, -0.2) is 4.98 Å². The molecule has 0 aromatic carbocycles. The van der Waals surface area contributed by atoms with Crippen molar-refractivity contribution in [3.8, 4) is 0 Å². The molecule has 1 atom stereocenters. The van der Waals surface area contributed by atoms with E-state index in [-0.39, 0.29) is 6.10 Å². The molecule has 0 bridgehead atoms. The fourth-order valence-electron chi connectivity index (χ4n) is 1.88. The van der Waals surface area contributed by atoms with Crippen molar-refractivity contribution in [1.29, 1.82) is 0 Å². The number of fused-ring (bicyclic) bond motifs is 1. The van der Waals surface area contributed by atoms with E-state index in [0.29, 0.717) is 0 Å². The van der Waals surface area contributed by atoms with E-state index in [1.807, 2.05) is 11.3 Å². The average molecular weight is 211 g/mol. The molecule has 0 spiro atoms. The third-order valence-electron chi connectivity index (χ3n) is 2.71. The molecule has 0 radical (unpaired) electrons. The molecule has 2 rings (SSSR count). The maximum absolute atomic E-state index is 9.74. The minimum absolute atomic E-state index is 0.287. The molecule has 1 heterocycles. The van der Waals surface area contributed by atoms with Gasteiger partial charge in [-0.1, -0.05) is 13.3 Å². The quantitative estimate of drug-likeness (QED) is 0.834. The van der Waals surface area contributed by atoms with Crippen molar-refractivity contribution < 1.29 is 5.11 Å². The van der Waals surface area contributed by atoms with Gasteiger partial charge in [-0.2, -0.15) is 0 Å². The van der Waals surface area contributed by atoms with Crippen LogP contribution in [-0.2, 0) is 12.8 Å². The molecule has 0 aliphatic heterocycles. The number of aromatic nitrogens is 1. The molecule has 0 amide bonds. The molecule has 1 aromatic rings. The van der Waals surface area contributed by atoms with Gasteiger partial charge in [0.1, 0.15) is 0 Å². The molecule has 1 aliphatic rings. The van der Waals surface area contributed by atoms with E-state index in [4.69, 9.17) is 0 Å². The zero-order chi connectivity index (χ0) is 9.97. The lowest BCUT2D eigenvalue weighted by Crippen LogP contribution is -2.07. The first kappa shape index (κ1) is 10.1. The summed E-state index contributed by atoms with van der Waals surface area (Å²) >= 11 is 1.81. The minimum atomic E-state index is -0.287. The topological polar surface area (TPSA) is 33.1 Å². The summed E-state index contributed by atoms with van der Waals surface area (Å²) in [5.41, 5.74) is 0.979. The van der Waals surface area contributed by atoms with Gasteiger partial charge < -0.3 is 5.11 Å². The van der Waals surface area contributed by atoms with Gasteiger partial charge in [0.15, 0.2) is 0 Å². The Labute approximate surface area is 89.0 Å². The van der Waals surface area contributed by atoms with Crippen molar-refractivity contribution in [3.05, 3.63) is 15.6 Å². The first-order valence-electron chi connectivity index (χ1n) is 5.47. The lowest BCUT2D eigenvalue weighted by atomic mass is 10.0. The van der Waals surface area contributed by atoms with Gasteiger partial charge in [0.05, 0.1) is 16.8 Å². The fraction of sp³-hybridized carbons (Fsp3) is 0.727. The number of hydrogen-bond acceptors (Lipinski definition) is 3. The minimum Gasteiger partial charge on any atom is -0.387 e. The zero-order valence-corrected chi connectivity index (χ0v) is 9.44. The Morgan fingerprint density at radius 2 is 2.43 bits per heavy atom. The molecule has 2 nitrogen and oxygen atoms in total. The molecule has 0 fully saturated rings. The maximum atomic E-state index is 9.74. The standard InChI is InChI=1S/C11H17NOS/c1-2-3-7-10-12-11-8(13)5-4-6-9(11)14-10/h8,13H,2-7H2,1H3. The van der Waals surface area contributed by atoms with Crippen molar-refractivity contribution >= 4 is 11.3 Å². The van der Waals surface area contributed by atoms with Gasteiger partial charge in [-0.05, 0) is 32.1 Å². The van der Waals surface area contributed by atoms with Crippen LogP contribution in [0.4, 0.5) is 0 Å². The van der Waals surface area contributed by atoms with Crippen molar-refractivity contribution in [2.45, 2.75) is 51.6 Å². The smallest absolute Gasteiger partial charge is 0.0971 e. The van der Waals surface area contributed by atoms with Crippen molar-refractivity contribution in [2.75, 3.05) is 0 Å². The predicted octanol–water partition coefficient (Wildman–Crippen LogP) is 2.86. The molecular weight excluding hydrogens is 194 g/mol. The van der Waals surface area contributed by atoms with Crippen LogP contribution in [0, 0.1) is 0 Å². The van der Waals surface area contributed by atoms with Gasteiger partial charge >= 0.3 is 0 Å². The Morgan fingerprint density at radius 1 is 1.57 bits per heavy atom. The lowest BCUT2D eigenvalue weighted by molar-refractivity contribution is 0.153. The van der Waals surface area contributed by atoms with E-state index in [0.717, 1.165) is 31.4 Å². The van der Waals surface area contributed by atoms with Crippen LogP contribution in [0.1, 0.15) is 54.3 Å². The predicted molar refractivity (Wildman–Crippen MR) is 58.6 cm³/mol. The monoisotopic (exact) mass is 211 g/mol. The highest BCUT2D eigenvalue weighted by atomic mass is 32.1. The second-order valence-corrected chi connectivity index (χ2v) is 5.10. The van der Waals surface area contributed by atoms with E-state index >= 15 is 0 Å². The largest absolute Gasteiger partial charge is 0.387 e. The Morgan fingerprint density at radius 3 is 3.14 bits per heavy atom. The van der Waals surface area contributed by atoms with Crippen LogP contribution < -0.4 is 0 Å². The number of aliphatic hydroxyl groups excluding tert-OH is 1. The molecule has 0 saturated carbocycles. The number of nitrogens with zero attached hydrogens (tertiary/aromatic N) is 1. The summed E-state index contributed by atoms with van der Waals surface area (Å²) < 4.78 is 0. The first-order valence-corrected chi connectivity index (χ1v) is 6.29. The van der Waals surface area contributed by atoms with E-state index in [1.165, 1.54) is 22.7 Å². The van der Waals surface area contributed by atoms with E-state index in [9.17, 15) is 5.11 Å². The van der Waals surface area contributed by atoms with Gasteiger partial charge in [-0.15, -0.1) is 11.3 Å². The van der Waals surface area contributed by atoms with Gasteiger partial charge in [0, 0.05) is 4.88 Å². The molecule has 14 heavy (non-hydrogen) atoms. The normalized spacial score (nSPS) is 20.9. The summed E-state index contributed by atoms with van der Waals surface area (Å²) in [7, 11) is 0. The molecule has 0 saturated heterocycles. The number of aliphatic hydroxyl groups is 1. The zero-order valence-electron chi connectivity index (χ0n) is 8.62. The van der Waals surface area contributed by atoms with Gasteiger partial charge in [0.2, 0.25) is 0 Å². The summed E-state index contributed by atoms with van der Waals surface area (Å²) in [6.45, 7) is 2.20. The number of rotatable bonds is 3. The Hall–Kier alpha value is -0.410. The van der Waals surface area contributed by atoms with Crippen molar-refractivity contribution in [1.82, 2.24) is 4.98 Å². The second kappa shape index (κ2) is 4.41. The van der Waals surface area contributed by atoms with E-state index < -0.39 is 0 Å². The van der Waals surface area contributed by atoms with Crippen LogP contribution in [0.25, 0.3) is 0 Å². The number of unbranched alkanes of at least 4 members (excludes halogenated alkanes) is 1. The number of thiazole rings is 1. The van der Waals surface area contributed by atoms with Crippen molar-refractivity contribution in [2.24, 2.45) is 0 Å². The lowest BCUT2D eigenvalue weighted by Gasteiger charge is -2.14. The van der Waals surface area contributed by atoms with Crippen molar-refractivity contribution in [3.63, 3.8) is 0 Å². The van der Waals surface area contributed by atoms with E-state index in [1.54, 1.807) is 0 Å². The molecule has 1 unspecified atom stereocenters. The molecule has 1 aromatic heterocycles. The van der Waals surface area contributed by atoms with Crippen LogP contribution in [0.2, 0.25) is 0 Å². The summed E-state index contributed by atoms with van der Waals surface area (Å²) in [4.78, 5) is 5.87. The Bertz CT molecular complexity index is 308. The van der Waals surface area contributed by atoms with E-state index in [2.05, 4.69) is 11.9 Å². The third kappa shape index (κ3) is 1.98. The molecule has 3 heteroatoms. The van der Waals surface area contributed by atoms with Gasteiger partial charge in [0.25, 0.3) is 0 Å². The van der Waals surface area contributed by atoms with Gasteiger partial charge in [-0.3, -0.25) is 0 Å². The maximum Gasteiger partial charge on any atom is 0.0971 e. The Kier molecular flexibility index (Phi) is 3.19. The highest BCUT2D eigenvalue weighted by molar-refractivity contribution is 7.11. The summed E-state index contributed by atoms with van der Waals surface area (Å²) in [6, 6.07) is 0. The summed E-state index contributed by atoms with van der Waals surface area (Å²) in [5, 5.41) is 11.0. The first-order chi connectivity index (χ1) is 6.81. The van der Waals surface area contributed by atoms with Crippen LogP contribution >= 0.6 is 11.3 Å². The molecule has 1 N–H and O–H groups in total. The molecule has 78 valence electrons. The van der Waals surface area contributed by atoms with Crippen LogP contribution in [-0.4, -0.2) is 10.1 Å². The van der Waals surface area contributed by atoms with Crippen LogP contribution in [0.3, 0.4) is 0 Å². The van der Waals surface area contributed by atoms with Crippen LogP contribution in [0.15, 0.2) is 0 Å². The second-order valence-electron chi connectivity index (χ2n) is 3.93. The average Bonchev–Trinajstić information content (AvgIpc) is 2.59. The highest BCUT2D eigenvalue weighted by Gasteiger charge is 2.22. The van der Waals surface area contributed by atoms with Crippen LogP contribution in [0.5, 0.6) is 0 Å². The summed E-state index contributed by atoms with van der Waals surface area (Å²) in [6.07, 6.45) is 6.35. The molecular formula is C11H17NOS. The third-order valence-corrected chi connectivity index (χ3v) is 3.90. The number of aryl methyl sites for hydroxylation is 2. The fourth-order valence-corrected chi connectivity index (χ4v) is 3.09.